The maximum atomic E-state index is 5.28. The predicted octanol–water partition coefficient (Wildman–Crippen LogP) is 3.95. The van der Waals surface area contributed by atoms with Crippen molar-refractivity contribution in [2.24, 2.45) is 0 Å². The fraction of sp³-hybridized carbons (Fsp3) is 0.222. The second-order valence-corrected chi connectivity index (χ2v) is 5.74. The number of rotatable bonds is 2. The van der Waals surface area contributed by atoms with Gasteiger partial charge in [-0.3, -0.25) is 0 Å². The largest absolute Gasteiger partial charge is 0.356 e. The molecule has 5 heteroatoms. The van der Waals surface area contributed by atoms with Gasteiger partial charge in [0.1, 0.15) is 5.82 Å². The van der Waals surface area contributed by atoms with Crippen molar-refractivity contribution in [1.29, 1.82) is 0 Å². The number of hydrogen-bond acceptors (Lipinski definition) is 5. The van der Waals surface area contributed by atoms with E-state index in [1.165, 1.54) is 0 Å². The van der Waals surface area contributed by atoms with Gasteiger partial charge in [-0.15, -0.1) is 0 Å². The Kier molecular flexibility index (Phi) is 2.91. The first-order valence-electron chi connectivity index (χ1n) is 7.67. The Morgan fingerprint density at radius 1 is 1.22 bits per heavy atom. The predicted molar refractivity (Wildman–Crippen MR) is 92.5 cm³/mol. The van der Waals surface area contributed by atoms with E-state index in [1.807, 2.05) is 31.0 Å². The summed E-state index contributed by atoms with van der Waals surface area (Å²) >= 11 is 0. The smallest absolute Gasteiger partial charge is 0.167 e. The van der Waals surface area contributed by atoms with Crippen molar-refractivity contribution in [2.75, 3.05) is 23.4 Å². The molecular weight excluding hydrogens is 288 g/mol. The molecule has 0 atom stereocenters. The van der Waals surface area contributed by atoms with Crippen molar-refractivity contribution < 1.29 is 4.52 Å². The molecule has 4 rings (SSSR count). The van der Waals surface area contributed by atoms with Gasteiger partial charge in [-0.2, -0.15) is 0 Å². The van der Waals surface area contributed by atoms with Crippen LogP contribution in [0.3, 0.4) is 0 Å². The van der Waals surface area contributed by atoms with E-state index in [2.05, 4.69) is 41.8 Å². The molecular formula is C18H18N4O. The lowest BCUT2D eigenvalue weighted by atomic mass is 10.1. The lowest BCUT2D eigenvalue weighted by Crippen LogP contribution is -2.24. The minimum atomic E-state index is 0.801. The van der Waals surface area contributed by atoms with E-state index in [-0.39, 0.29) is 0 Å². The van der Waals surface area contributed by atoms with Crippen molar-refractivity contribution in [3.63, 3.8) is 0 Å². The van der Waals surface area contributed by atoms with E-state index in [1.54, 1.807) is 0 Å². The zero-order chi connectivity index (χ0) is 16.1. The normalized spacial score (nSPS) is 14.0. The van der Waals surface area contributed by atoms with Crippen LogP contribution in [0.25, 0.3) is 22.2 Å². The minimum Gasteiger partial charge on any atom is -0.356 e. The molecule has 0 bridgehead atoms. The molecule has 3 aromatic rings. The van der Waals surface area contributed by atoms with E-state index >= 15 is 0 Å². The van der Waals surface area contributed by atoms with Gasteiger partial charge in [0.25, 0.3) is 0 Å². The second kappa shape index (κ2) is 4.84. The molecule has 0 unspecified atom stereocenters. The quantitative estimate of drug-likeness (QED) is 0.717. The summed E-state index contributed by atoms with van der Waals surface area (Å²) < 4.78 is 5.28. The Bertz CT molecular complexity index is 928. The van der Waals surface area contributed by atoms with Crippen LogP contribution in [0.5, 0.6) is 0 Å². The summed E-state index contributed by atoms with van der Waals surface area (Å²) in [5, 5.41) is 5.04. The molecule has 0 fully saturated rings. The molecule has 2 aromatic heterocycles. The van der Waals surface area contributed by atoms with Crippen molar-refractivity contribution in [2.45, 2.75) is 13.8 Å². The van der Waals surface area contributed by atoms with Crippen LogP contribution < -0.4 is 9.80 Å². The van der Waals surface area contributed by atoms with Crippen LogP contribution in [0.4, 0.5) is 11.5 Å². The number of nitrogens with zero attached hydrogens (tertiary/aromatic N) is 4. The Morgan fingerprint density at radius 2 is 2.04 bits per heavy atom. The molecule has 116 valence electrons. The monoisotopic (exact) mass is 306 g/mol. The number of fused-ring (bicyclic) bond motifs is 2. The molecule has 0 amide bonds. The van der Waals surface area contributed by atoms with E-state index in [4.69, 9.17) is 9.51 Å². The zero-order valence-electron chi connectivity index (χ0n) is 13.5. The fourth-order valence-electron chi connectivity index (χ4n) is 3.07. The van der Waals surface area contributed by atoms with Gasteiger partial charge >= 0.3 is 0 Å². The Balaban J connectivity index is 1.84. The molecule has 0 saturated carbocycles. The molecule has 1 aliphatic heterocycles. The van der Waals surface area contributed by atoms with Crippen LogP contribution >= 0.6 is 0 Å². The molecule has 5 nitrogen and oxygen atoms in total. The number of benzene rings is 1. The lowest BCUT2D eigenvalue weighted by molar-refractivity contribution is 0.450. The van der Waals surface area contributed by atoms with Gasteiger partial charge in [-0.25, -0.2) is 4.98 Å². The first-order valence-corrected chi connectivity index (χ1v) is 7.67. The number of pyridine rings is 1. The minimum absolute atomic E-state index is 0.801. The summed E-state index contributed by atoms with van der Waals surface area (Å²) in [7, 11) is 2.00. The number of aryl methyl sites for hydroxylation is 1. The van der Waals surface area contributed by atoms with E-state index < -0.39 is 0 Å². The van der Waals surface area contributed by atoms with Crippen LogP contribution in [0.1, 0.15) is 12.6 Å². The Hall–Kier alpha value is -2.82. The van der Waals surface area contributed by atoms with Crippen LogP contribution in [-0.2, 0) is 0 Å². The van der Waals surface area contributed by atoms with Gasteiger partial charge in [0.2, 0.25) is 0 Å². The zero-order valence-corrected chi connectivity index (χ0v) is 13.5. The van der Waals surface area contributed by atoms with Crippen LogP contribution in [0.15, 0.2) is 47.3 Å². The molecule has 0 spiro atoms. The maximum Gasteiger partial charge on any atom is 0.167 e. The number of aromatic nitrogens is 2. The number of anilines is 2. The van der Waals surface area contributed by atoms with Gasteiger partial charge in [0.05, 0.1) is 17.1 Å². The molecule has 0 radical (unpaired) electrons. The third-order valence-corrected chi connectivity index (χ3v) is 4.42. The van der Waals surface area contributed by atoms with Gasteiger partial charge < -0.3 is 14.3 Å². The highest BCUT2D eigenvalue weighted by molar-refractivity contribution is 5.86. The lowest BCUT2D eigenvalue weighted by Gasteiger charge is -2.18. The van der Waals surface area contributed by atoms with E-state index in [0.29, 0.717) is 0 Å². The third-order valence-electron chi connectivity index (χ3n) is 4.42. The highest BCUT2D eigenvalue weighted by atomic mass is 16.5. The third kappa shape index (κ3) is 1.93. The molecule has 1 aromatic carbocycles. The second-order valence-electron chi connectivity index (χ2n) is 5.74. The maximum absolute atomic E-state index is 5.28. The first-order chi connectivity index (χ1) is 11.1. The van der Waals surface area contributed by atoms with Crippen LogP contribution in [0, 0.1) is 6.92 Å². The van der Waals surface area contributed by atoms with Gasteiger partial charge in [-0.05, 0) is 44.2 Å². The van der Waals surface area contributed by atoms with Crippen molar-refractivity contribution in [3.8, 4) is 11.3 Å². The number of hydrogen-bond donors (Lipinski definition) is 0. The summed E-state index contributed by atoms with van der Waals surface area (Å²) in [5.74, 6) is 1.90. The van der Waals surface area contributed by atoms with Crippen LogP contribution in [-0.4, -0.2) is 23.7 Å². The summed E-state index contributed by atoms with van der Waals surface area (Å²) in [6, 6.07) is 10.2. The first kappa shape index (κ1) is 13.8. The molecule has 0 aliphatic carbocycles. The van der Waals surface area contributed by atoms with Gasteiger partial charge in [0.15, 0.2) is 11.4 Å². The molecule has 0 saturated heterocycles. The van der Waals surface area contributed by atoms with Crippen LogP contribution in [0.2, 0.25) is 0 Å². The van der Waals surface area contributed by atoms with E-state index in [9.17, 15) is 0 Å². The summed E-state index contributed by atoms with van der Waals surface area (Å²) in [4.78, 5) is 9.05. The highest BCUT2D eigenvalue weighted by Gasteiger charge is 2.28. The van der Waals surface area contributed by atoms with Gasteiger partial charge in [-0.1, -0.05) is 11.7 Å². The standard InChI is InChI=1S/C18H18N4O/c1-5-22-12(3)21(4)18-16(22)8-7-15(19-18)13-6-9-17-14(10-13)11(2)20-23-17/h6-10H,3,5H2,1-2,4H3. The van der Waals surface area contributed by atoms with Crippen molar-refractivity contribution in [3.05, 3.63) is 48.4 Å². The summed E-state index contributed by atoms with van der Waals surface area (Å²) in [6.07, 6.45) is 0. The van der Waals surface area contributed by atoms with Crippen molar-refractivity contribution in [1.82, 2.24) is 10.1 Å². The topological polar surface area (TPSA) is 45.4 Å². The Morgan fingerprint density at radius 3 is 2.83 bits per heavy atom. The SMILES string of the molecule is C=C1N(C)c2nc(-c3ccc4onc(C)c4c3)ccc2N1CC. The van der Waals surface area contributed by atoms with Crippen molar-refractivity contribution >= 4 is 22.5 Å². The highest BCUT2D eigenvalue weighted by Crippen LogP contribution is 2.39. The summed E-state index contributed by atoms with van der Waals surface area (Å²) in [5.41, 5.74) is 4.79. The average Bonchev–Trinajstić information content (AvgIpc) is 3.06. The van der Waals surface area contributed by atoms with Gasteiger partial charge in [0, 0.05) is 24.5 Å². The average molecular weight is 306 g/mol. The summed E-state index contributed by atoms with van der Waals surface area (Å²) in [6.45, 7) is 9.08. The molecule has 23 heavy (non-hydrogen) atoms. The van der Waals surface area contributed by atoms with E-state index in [0.717, 1.165) is 51.8 Å². The molecule has 0 N–H and O–H groups in total. The fourth-order valence-corrected chi connectivity index (χ4v) is 3.07. The molecule has 1 aliphatic rings. The molecule has 3 heterocycles. The Labute approximate surface area is 134 Å².